The Labute approximate surface area is 258 Å². The number of ether oxygens (including phenoxy) is 1. The van der Waals surface area contributed by atoms with Crippen molar-refractivity contribution < 1.29 is 19.1 Å². The third-order valence-corrected chi connectivity index (χ3v) is 7.97. The summed E-state index contributed by atoms with van der Waals surface area (Å²) in [5.74, 6) is 1.37. The summed E-state index contributed by atoms with van der Waals surface area (Å²) in [6, 6.07) is 26.0. The monoisotopic (exact) mass is 605 g/mol. The second kappa shape index (κ2) is 12.6. The fourth-order valence-corrected chi connectivity index (χ4v) is 5.68. The molecule has 1 amide bonds. The number of nitrogens with zero attached hydrogens (tertiary/aromatic N) is 4. The lowest BCUT2D eigenvalue weighted by molar-refractivity contribution is 0.102. The number of hydrogen-bond acceptors (Lipinski definition) is 8. The number of fused-ring (bicyclic) bond motifs is 1. The highest BCUT2D eigenvalue weighted by Crippen LogP contribution is 2.41. The zero-order chi connectivity index (χ0) is 30.6. The number of para-hydroxylation sites is 1. The first kappa shape index (κ1) is 29.0. The van der Waals surface area contributed by atoms with E-state index in [1.54, 1.807) is 16.8 Å². The Hall–Kier alpha value is -5.09. The van der Waals surface area contributed by atoms with Crippen molar-refractivity contribution in [1.82, 2.24) is 20.0 Å². The van der Waals surface area contributed by atoms with Crippen molar-refractivity contribution in [2.24, 2.45) is 0 Å². The Morgan fingerprint density at radius 2 is 1.70 bits per heavy atom. The summed E-state index contributed by atoms with van der Waals surface area (Å²) in [7, 11) is 0. The van der Waals surface area contributed by atoms with Crippen molar-refractivity contribution in [3.8, 4) is 23.1 Å². The van der Waals surface area contributed by atoms with Gasteiger partial charge in [-0.2, -0.15) is 5.10 Å². The first-order chi connectivity index (χ1) is 21.4. The summed E-state index contributed by atoms with van der Waals surface area (Å²) in [6.45, 7) is 5.96. The zero-order valence-corrected chi connectivity index (χ0v) is 25.4. The largest absolute Gasteiger partial charge is 0.506 e. The van der Waals surface area contributed by atoms with Gasteiger partial charge in [0.15, 0.2) is 0 Å². The highest BCUT2D eigenvalue weighted by molar-refractivity contribution is 7.98. The number of carbonyl (C=O) groups is 1. The van der Waals surface area contributed by atoms with Gasteiger partial charge in [-0.1, -0.05) is 78.8 Å². The molecular formula is C34H31N5O4S. The fraction of sp³-hybridized carbons (Fsp3) is 0.176. The zero-order valence-electron chi connectivity index (χ0n) is 24.6. The van der Waals surface area contributed by atoms with Gasteiger partial charge in [0.05, 0.1) is 16.9 Å². The van der Waals surface area contributed by atoms with Crippen molar-refractivity contribution in [1.29, 1.82) is 0 Å². The van der Waals surface area contributed by atoms with E-state index in [0.717, 1.165) is 35.3 Å². The van der Waals surface area contributed by atoms with Gasteiger partial charge in [0.25, 0.3) is 11.1 Å². The van der Waals surface area contributed by atoms with Crippen LogP contribution in [0.25, 0.3) is 16.5 Å². The number of phenols is 1. The van der Waals surface area contributed by atoms with Crippen LogP contribution in [0, 0.1) is 13.8 Å². The predicted octanol–water partition coefficient (Wildman–Crippen LogP) is 8.02. The summed E-state index contributed by atoms with van der Waals surface area (Å²) in [5, 5.41) is 28.9. The average molecular weight is 606 g/mol. The Balaban J connectivity index is 1.41. The summed E-state index contributed by atoms with van der Waals surface area (Å²) in [4.78, 5) is 13.5. The predicted molar refractivity (Wildman–Crippen MR) is 171 cm³/mol. The molecule has 0 unspecified atom stereocenters. The van der Waals surface area contributed by atoms with Crippen LogP contribution in [-0.4, -0.2) is 31.0 Å². The van der Waals surface area contributed by atoms with Crippen LogP contribution in [0.4, 0.5) is 5.69 Å². The molecule has 0 aliphatic heterocycles. The van der Waals surface area contributed by atoms with E-state index in [9.17, 15) is 9.90 Å². The molecule has 2 heterocycles. The SMILES string of the molecule is CCCc1nnc(SCc2c(C)nn(-c3ccccc3)c2Oc2cc(C(=O)Nc3ccc(C)cc3)c(O)c3ccccc23)o1. The van der Waals surface area contributed by atoms with Crippen molar-refractivity contribution in [3.05, 3.63) is 113 Å². The van der Waals surface area contributed by atoms with Gasteiger partial charge in [0.1, 0.15) is 11.5 Å². The van der Waals surface area contributed by atoms with Gasteiger partial charge in [-0.25, -0.2) is 4.68 Å². The second-order valence-corrected chi connectivity index (χ2v) is 11.3. The average Bonchev–Trinajstić information content (AvgIpc) is 3.62. The molecule has 0 fully saturated rings. The van der Waals surface area contributed by atoms with Gasteiger partial charge >= 0.3 is 0 Å². The van der Waals surface area contributed by atoms with Gasteiger partial charge in [0.2, 0.25) is 11.8 Å². The molecular weight excluding hydrogens is 574 g/mol. The molecule has 0 aliphatic carbocycles. The Kier molecular flexibility index (Phi) is 8.33. The number of amides is 1. The number of aromatic hydroxyl groups is 1. The number of phenolic OH excluding ortho intramolecular Hbond substituents is 1. The number of rotatable bonds is 10. The van der Waals surface area contributed by atoms with E-state index in [4.69, 9.17) is 14.3 Å². The normalized spacial score (nSPS) is 11.2. The number of aryl methyl sites for hydroxylation is 3. The van der Waals surface area contributed by atoms with Gasteiger partial charge < -0.3 is 19.6 Å². The highest BCUT2D eigenvalue weighted by atomic mass is 32.2. The molecule has 222 valence electrons. The molecule has 10 heteroatoms. The number of nitrogens with one attached hydrogen (secondary N) is 1. The molecule has 0 saturated heterocycles. The number of carbonyl (C=O) groups excluding carboxylic acids is 1. The standard InChI is InChI=1S/C34H31N5O4S/c1-4-10-30-36-37-34(43-30)44-20-28-22(3)38-39(24-11-6-5-7-12-24)33(28)42-29-19-27(31(40)26-14-9-8-13-25(26)29)32(41)35-23-17-15-21(2)16-18-23/h5-9,11-19,40H,4,10,20H2,1-3H3,(H,35,41). The summed E-state index contributed by atoms with van der Waals surface area (Å²) < 4.78 is 14.3. The van der Waals surface area contributed by atoms with E-state index < -0.39 is 5.91 Å². The van der Waals surface area contributed by atoms with E-state index in [0.29, 0.717) is 45.0 Å². The van der Waals surface area contributed by atoms with E-state index in [1.807, 2.05) is 86.6 Å². The van der Waals surface area contributed by atoms with Gasteiger partial charge in [-0.15, -0.1) is 10.2 Å². The third-order valence-electron chi connectivity index (χ3n) is 7.13. The van der Waals surface area contributed by atoms with Gasteiger partial charge in [0, 0.05) is 34.2 Å². The van der Waals surface area contributed by atoms with Crippen LogP contribution in [0.5, 0.6) is 17.4 Å². The van der Waals surface area contributed by atoms with Gasteiger partial charge in [-0.05, 0) is 50.6 Å². The maximum absolute atomic E-state index is 13.5. The minimum atomic E-state index is -0.454. The Bertz CT molecular complexity index is 1930. The molecule has 0 bridgehead atoms. The molecule has 0 spiro atoms. The van der Waals surface area contributed by atoms with Crippen LogP contribution < -0.4 is 10.1 Å². The number of aromatic nitrogens is 4. The minimum Gasteiger partial charge on any atom is -0.506 e. The molecule has 0 radical (unpaired) electrons. The summed E-state index contributed by atoms with van der Waals surface area (Å²) in [6.07, 6.45) is 1.64. The number of anilines is 1. The molecule has 4 aromatic carbocycles. The molecule has 0 aliphatic rings. The van der Waals surface area contributed by atoms with Gasteiger partial charge in [-0.3, -0.25) is 4.79 Å². The lowest BCUT2D eigenvalue weighted by atomic mass is 10.0. The van der Waals surface area contributed by atoms with Crippen molar-refractivity contribution in [2.75, 3.05) is 5.32 Å². The van der Waals surface area contributed by atoms with Crippen LogP contribution in [0.2, 0.25) is 0 Å². The van der Waals surface area contributed by atoms with E-state index in [-0.39, 0.29) is 11.3 Å². The third kappa shape index (κ3) is 6.02. The van der Waals surface area contributed by atoms with Crippen LogP contribution in [0.1, 0.15) is 46.4 Å². The first-order valence-electron chi connectivity index (χ1n) is 14.3. The molecule has 2 aromatic heterocycles. The topological polar surface area (TPSA) is 115 Å². The molecule has 0 atom stereocenters. The molecule has 2 N–H and O–H groups in total. The van der Waals surface area contributed by atoms with E-state index >= 15 is 0 Å². The van der Waals surface area contributed by atoms with Crippen molar-refractivity contribution >= 4 is 34.1 Å². The number of benzene rings is 4. The van der Waals surface area contributed by atoms with Crippen LogP contribution in [-0.2, 0) is 12.2 Å². The fourth-order valence-electron chi connectivity index (χ4n) is 4.82. The number of thioether (sulfide) groups is 1. The van der Waals surface area contributed by atoms with Crippen LogP contribution in [0.3, 0.4) is 0 Å². The lowest BCUT2D eigenvalue weighted by Gasteiger charge is -2.16. The number of hydrogen-bond donors (Lipinski definition) is 2. The molecule has 0 saturated carbocycles. The second-order valence-electron chi connectivity index (χ2n) is 10.4. The molecule has 9 nitrogen and oxygen atoms in total. The quantitative estimate of drug-likeness (QED) is 0.151. The molecule has 6 rings (SSSR count). The highest BCUT2D eigenvalue weighted by Gasteiger charge is 2.24. The maximum Gasteiger partial charge on any atom is 0.276 e. The van der Waals surface area contributed by atoms with E-state index in [1.165, 1.54) is 11.8 Å². The Morgan fingerprint density at radius 1 is 0.977 bits per heavy atom. The Morgan fingerprint density at radius 3 is 2.45 bits per heavy atom. The van der Waals surface area contributed by atoms with E-state index in [2.05, 4.69) is 22.4 Å². The lowest BCUT2D eigenvalue weighted by Crippen LogP contribution is -2.12. The van der Waals surface area contributed by atoms with Crippen molar-refractivity contribution in [2.45, 2.75) is 44.6 Å². The molecule has 6 aromatic rings. The van der Waals surface area contributed by atoms with Crippen LogP contribution >= 0.6 is 11.8 Å². The maximum atomic E-state index is 13.5. The van der Waals surface area contributed by atoms with Crippen LogP contribution in [0.15, 0.2) is 94.6 Å². The summed E-state index contributed by atoms with van der Waals surface area (Å²) in [5.41, 5.74) is 4.20. The minimum absolute atomic E-state index is 0.0898. The smallest absolute Gasteiger partial charge is 0.276 e. The molecule has 44 heavy (non-hydrogen) atoms. The first-order valence-corrected chi connectivity index (χ1v) is 15.3. The summed E-state index contributed by atoms with van der Waals surface area (Å²) >= 11 is 1.41. The van der Waals surface area contributed by atoms with Crippen molar-refractivity contribution in [3.63, 3.8) is 0 Å².